The van der Waals surface area contributed by atoms with Crippen LogP contribution in [0.3, 0.4) is 0 Å². The third-order valence-corrected chi connectivity index (χ3v) is 42.2. The van der Waals surface area contributed by atoms with E-state index in [1.165, 1.54) is 140 Å². The van der Waals surface area contributed by atoms with Crippen LogP contribution < -0.4 is 74.5 Å². The summed E-state index contributed by atoms with van der Waals surface area (Å²) in [6.07, 6.45) is 6.59. The maximum atomic E-state index is 13.3. The Morgan fingerprint density at radius 3 is 1.02 bits per heavy atom. The third kappa shape index (κ3) is 21.1. The lowest BCUT2D eigenvalue weighted by atomic mass is 9.94. The van der Waals surface area contributed by atoms with E-state index in [0.717, 1.165) is 77.4 Å². The van der Waals surface area contributed by atoms with Gasteiger partial charge in [-0.3, -0.25) is 4.79 Å². The fraction of sp³-hybridized carbons (Fsp3) is 0.371. The van der Waals surface area contributed by atoms with Crippen molar-refractivity contribution in [2.45, 2.75) is 198 Å². The molecular formula is C116H143N4O7P5. The molecule has 5 atom stereocenters. The number of carbonyl (C=O) groups is 1. The number of methoxy groups -OCH3 is 6. The highest BCUT2D eigenvalue weighted by molar-refractivity contribution is 7.70. The van der Waals surface area contributed by atoms with Gasteiger partial charge in [0.25, 0.3) is 0 Å². The van der Waals surface area contributed by atoms with Gasteiger partial charge in [-0.05, 0) is 256 Å². The van der Waals surface area contributed by atoms with E-state index in [2.05, 4.69) is 373 Å². The van der Waals surface area contributed by atoms with Crippen LogP contribution in [-0.2, 0) is 17.8 Å². The molecule has 0 aliphatic carbocycles. The van der Waals surface area contributed by atoms with Crippen LogP contribution in [0, 0.1) is 40.0 Å². The van der Waals surface area contributed by atoms with Crippen LogP contribution in [0.1, 0.15) is 164 Å². The normalized spacial score (nSPS) is 16.6. The van der Waals surface area contributed by atoms with Gasteiger partial charge < -0.3 is 48.0 Å². The van der Waals surface area contributed by atoms with Crippen LogP contribution >= 0.6 is 39.6 Å². The number of aryl methyl sites for hydroxylation is 6. The average molecular weight is 1860 g/mol. The lowest BCUT2D eigenvalue weighted by Gasteiger charge is -2.30. The molecule has 1 amide bonds. The van der Waals surface area contributed by atoms with E-state index in [1.54, 1.807) is 53.5 Å². The molecule has 11 nitrogen and oxygen atoms in total. The topological polar surface area (TPSA) is 85.4 Å². The summed E-state index contributed by atoms with van der Waals surface area (Å²) in [7, 11) is 11.0. The van der Waals surface area contributed by atoms with Gasteiger partial charge in [-0.2, -0.15) is 0 Å². The van der Waals surface area contributed by atoms with E-state index in [-0.39, 0.29) is 45.1 Å². The van der Waals surface area contributed by atoms with Crippen molar-refractivity contribution in [2.75, 3.05) is 101 Å². The summed E-state index contributed by atoms with van der Waals surface area (Å²) in [6, 6.07) is 84.1. The number of rotatable bonds is 14. The van der Waals surface area contributed by atoms with Crippen molar-refractivity contribution in [2.24, 2.45) is 5.41 Å². The molecule has 0 N–H and O–H groups in total. The number of carbonyl (C=O) groups excluding carboxylic acids is 1. The maximum Gasteiger partial charge on any atom is 0.232 e. The highest BCUT2D eigenvalue weighted by Crippen LogP contribution is 2.64. The molecular weight excluding hydrogens is 1720 g/mol. The molecule has 0 fully saturated rings. The Morgan fingerprint density at radius 2 is 0.636 bits per heavy atom. The van der Waals surface area contributed by atoms with Crippen molar-refractivity contribution in [1.82, 2.24) is 0 Å². The predicted octanol–water partition coefficient (Wildman–Crippen LogP) is 29.3. The van der Waals surface area contributed by atoms with E-state index >= 15 is 0 Å². The first-order valence-electron chi connectivity index (χ1n) is 46.4. The molecule has 5 unspecified atom stereocenters. The Labute approximate surface area is 797 Å². The van der Waals surface area contributed by atoms with Crippen LogP contribution in [0.5, 0.6) is 34.5 Å². The van der Waals surface area contributed by atoms with Crippen molar-refractivity contribution in [3.05, 3.63) is 276 Å². The van der Waals surface area contributed by atoms with Crippen molar-refractivity contribution >= 4 is 100 Å². The third-order valence-electron chi connectivity index (χ3n) is 25.9. The first-order chi connectivity index (χ1) is 62.5. The Morgan fingerprint density at radius 1 is 0.311 bits per heavy atom. The van der Waals surface area contributed by atoms with E-state index in [1.807, 2.05) is 49.9 Å². The number of anilines is 5. The maximum absolute atomic E-state index is 13.3. The number of fused-ring (bicyclic) bond motifs is 5. The van der Waals surface area contributed by atoms with Crippen LogP contribution in [0.4, 0.5) is 28.4 Å². The van der Waals surface area contributed by atoms with Crippen LogP contribution in [-0.4, -0.2) is 113 Å². The molecule has 0 saturated heterocycles. The SMILES string of the molecule is COc1ccc(N2CP(C(C)(C)C)c3c(-c4c(C)cccc4OC)cccc32)cc1.COc1cccc(C)c1-c1cccc2c1P(C(C)(C)C)CC2.COc1cccc(C)c1-c1cccc2c1P(C(C)(C)C)CN2C.COc1cccc(C)c1-c1cccc2c1P(C(C)(C)C)CN2C(=O)C(C)(C)C.COc1cccc(C)c1-c1cccc2c1P(C(C)(C)C)CN2Cc1ccccc1. The molecule has 12 aromatic rings. The zero-order valence-corrected chi connectivity index (χ0v) is 88.8. The molecule has 694 valence electrons. The second kappa shape index (κ2) is 40.9. The number of nitrogens with zero attached hydrogens (tertiary/aromatic N) is 4. The average Bonchev–Trinajstić information content (AvgIpc) is 1.59. The largest absolute Gasteiger partial charge is 0.497 e. The number of hydrogen-bond donors (Lipinski definition) is 0. The Hall–Kier alpha value is -9.54. The van der Waals surface area contributed by atoms with Gasteiger partial charge in [-0.1, -0.05) is 290 Å². The lowest BCUT2D eigenvalue weighted by Crippen LogP contribution is -2.38. The molecule has 17 rings (SSSR count). The zero-order valence-electron chi connectivity index (χ0n) is 84.3. The summed E-state index contributed by atoms with van der Waals surface area (Å²) in [6.45, 7) is 53.2. The minimum Gasteiger partial charge on any atom is -0.497 e. The molecule has 5 heterocycles. The molecule has 0 bridgehead atoms. The van der Waals surface area contributed by atoms with Gasteiger partial charge in [-0.25, -0.2) is 0 Å². The monoisotopic (exact) mass is 1860 g/mol. The molecule has 132 heavy (non-hydrogen) atoms. The molecule has 0 aromatic heterocycles. The zero-order chi connectivity index (χ0) is 95.6. The highest BCUT2D eigenvalue weighted by Gasteiger charge is 2.46. The number of amides is 1. The van der Waals surface area contributed by atoms with Gasteiger partial charge in [-0.15, -0.1) is 0 Å². The van der Waals surface area contributed by atoms with Crippen LogP contribution in [0.2, 0.25) is 0 Å². The van der Waals surface area contributed by atoms with Crippen molar-refractivity contribution < 1.29 is 33.2 Å². The molecule has 12 aromatic carbocycles. The van der Waals surface area contributed by atoms with E-state index < -0.39 is 21.3 Å². The Kier molecular flexibility index (Phi) is 31.0. The lowest BCUT2D eigenvalue weighted by molar-refractivity contribution is -0.125. The molecule has 0 saturated carbocycles. The second-order valence-corrected chi connectivity index (χ2v) is 56.1. The van der Waals surface area contributed by atoms with Crippen molar-refractivity contribution in [3.8, 4) is 90.1 Å². The summed E-state index contributed by atoms with van der Waals surface area (Å²) in [5, 5.41) is 8.65. The van der Waals surface area contributed by atoms with E-state index in [0.29, 0.717) is 10.3 Å². The first-order valence-corrected chi connectivity index (χ1v) is 54.1. The Bertz CT molecular complexity index is 6110. The Balaban J connectivity index is 0.000000141. The fourth-order valence-corrected chi connectivity index (χ4v) is 33.3. The van der Waals surface area contributed by atoms with Gasteiger partial charge >= 0.3 is 0 Å². The highest BCUT2D eigenvalue weighted by atomic mass is 31.1. The van der Waals surface area contributed by atoms with Gasteiger partial charge in [0, 0.05) is 110 Å². The summed E-state index contributed by atoms with van der Waals surface area (Å²) >= 11 is 0. The fourth-order valence-electron chi connectivity index (χ4n) is 19.1. The van der Waals surface area contributed by atoms with E-state index in [9.17, 15) is 4.79 Å². The predicted molar refractivity (Wildman–Crippen MR) is 579 cm³/mol. The van der Waals surface area contributed by atoms with Crippen LogP contribution in [0.15, 0.2) is 237 Å². The van der Waals surface area contributed by atoms with Gasteiger partial charge in [0.05, 0.1) is 54.6 Å². The standard InChI is InChI=1S/C26H30NO2P.C26H30NOP.C24H32NO2P.C20H26NOP.C20H25OP/c1-18-9-7-12-23(29-6)24(18)21-10-8-11-22-25(21)30(26(2,3)4)17-27(22)19-13-15-20(28-5)16-14-19;1-19-11-9-16-23(28-5)24(19)21-14-10-15-22-25(21)29(26(2,3)4)18-27(22)17-20-12-7-6-8-13-20;1-16-11-9-14-19(27-8)20(16)17-12-10-13-18-21(17)28(24(5,6)7)15-25(18)22(26)23(2,3)4;1-14-9-7-12-17(22-6)18(14)15-10-8-11-16-19(15)23(13-21(16)5)20(2,3)4;1-14-8-6-11-17(21-5)18(14)16-10-7-9-15-12-13-22(19(15)16)20(2,3)4/h7-16H,17H2,1-6H3;6-16H,17-18H2,1-5H3;9-14H,15H2,1-8H3;7-12H,13H2,1-6H3;6-11H,12-13H2,1-5H3. The minimum atomic E-state index is -0.546. The quantitative estimate of drug-likeness (QED) is 0.0982. The molecule has 5 aliphatic heterocycles. The first kappa shape index (κ1) is 99.9. The van der Waals surface area contributed by atoms with Crippen LogP contribution in [0.25, 0.3) is 55.6 Å². The minimum absolute atomic E-state index is 0.100. The summed E-state index contributed by atoms with van der Waals surface area (Å²) in [5.41, 5.74) is 27.9. The van der Waals surface area contributed by atoms with Crippen molar-refractivity contribution in [1.29, 1.82) is 0 Å². The summed E-state index contributed by atoms with van der Waals surface area (Å²) in [5.74, 6) is 5.82. The molecule has 0 radical (unpaired) electrons. The molecule has 16 heteroatoms. The molecule has 0 spiro atoms. The number of benzene rings is 12. The number of ether oxygens (including phenoxy) is 6. The van der Waals surface area contributed by atoms with Gasteiger partial charge in [0.1, 0.15) is 34.5 Å². The van der Waals surface area contributed by atoms with E-state index in [4.69, 9.17) is 28.4 Å². The summed E-state index contributed by atoms with van der Waals surface area (Å²) in [4.78, 5) is 22.7. The second-order valence-electron chi connectivity index (χ2n) is 41.3. The summed E-state index contributed by atoms with van der Waals surface area (Å²) < 4.78 is 34.0. The van der Waals surface area contributed by atoms with Gasteiger partial charge in [0.15, 0.2) is 0 Å². The van der Waals surface area contributed by atoms with Gasteiger partial charge in [0.2, 0.25) is 5.91 Å². The molecule has 5 aliphatic rings. The van der Waals surface area contributed by atoms with Crippen molar-refractivity contribution in [3.63, 3.8) is 0 Å². The smallest absolute Gasteiger partial charge is 0.232 e. The number of hydrogen-bond acceptors (Lipinski definition) is 10.